The summed E-state index contributed by atoms with van der Waals surface area (Å²) in [6.45, 7) is 5.24. The molecule has 0 saturated carbocycles. The molecule has 2 rings (SSSR count). The summed E-state index contributed by atoms with van der Waals surface area (Å²) in [7, 11) is 0. The third-order valence-corrected chi connectivity index (χ3v) is 3.40. The number of benzene rings is 2. The van der Waals surface area contributed by atoms with E-state index in [0.29, 0.717) is 5.56 Å². The number of aryl methyl sites for hydroxylation is 2. The Morgan fingerprint density at radius 2 is 1.74 bits per heavy atom. The minimum atomic E-state index is -0.789. The summed E-state index contributed by atoms with van der Waals surface area (Å²) in [6, 6.07) is 10.7. The van der Waals surface area contributed by atoms with Crippen LogP contribution in [-0.2, 0) is 4.79 Å². The molecule has 0 aromatic heterocycles. The lowest BCUT2D eigenvalue weighted by atomic mass is 10.1. The van der Waals surface area contributed by atoms with Crippen LogP contribution in [0.3, 0.4) is 0 Å². The maximum atomic E-state index is 13.7. The van der Waals surface area contributed by atoms with E-state index in [4.69, 9.17) is 0 Å². The van der Waals surface area contributed by atoms with Crippen LogP contribution in [0.4, 0.5) is 10.1 Å². The van der Waals surface area contributed by atoms with Gasteiger partial charge in [-0.05, 0) is 50.6 Å². The fourth-order valence-corrected chi connectivity index (χ4v) is 2.11. The first-order valence-corrected chi connectivity index (χ1v) is 7.31. The smallest absolute Gasteiger partial charge is 0.251 e. The lowest BCUT2D eigenvalue weighted by Crippen LogP contribution is -2.41. The van der Waals surface area contributed by atoms with Gasteiger partial charge < -0.3 is 10.6 Å². The number of hydrogen-bond acceptors (Lipinski definition) is 2. The predicted molar refractivity (Wildman–Crippen MR) is 87.9 cm³/mol. The van der Waals surface area contributed by atoms with Crippen molar-refractivity contribution in [3.63, 3.8) is 0 Å². The first-order chi connectivity index (χ1) is 10.9. The molecule has 0 aliphatic heterocycles. The van der Waals surface area contributed by atoms with E-state index in [-0.39, 0.29) is 11.6 Å². The van der Waals surface area contributed by atoms with Gasteiger partial charge in [-0.25, -0.2) is 4.39 Å². The highest BCUT2D eigenvalue weighted by Gasteiger charge is 2.18. The van der Waals surface area contributed by atoms with Crippen LogP contribution in [0.2, 0.25) is 0 Å². The number of carbonyl (C=O) groups is 2. The quantitative estimate of drug-likeness (QED) is 0.910. The number of amides is 2. The Labute approximate surface area is 134 Å². The molecular formula is C18H19FN2O2. The van der Waals surface area contributed by atoms with E-state index in [0.717, 1.165) is 11.1 Å². The molecule has 0 bridgehead atoms. The molecular weight excluding hydrogens is 295 g/mol. The summed E-state index contributed by atoms with van der Waals surface area (Å²) in [6.07, 6.45) is 0. The highest BCUT2D eigenvalue weighted by molar-refractivity contribution is 6.01. The first kappa shape index (κ1) is 16.7. The third-order valence-electron chi connectivity index (χ3n) is 3.40. The average Bonchev–Trinajstić information content (AvgIpc) is 2.50. The van der Waals surface area contributed by atoms with E-state index >= 15 is 0 Å². The van der Waals surface area contributed by atoms with E-state index in [1.165, 1.54) is 6.07 Å². The SMILES string of the molecule is Cc1cccc(C(=O)NC(C)C(=O)Nc2cc(C)ccc2F)c1. The largest absolute Gasteiger partial charge is 0.341 e. The Kier molecular flexibility index (Phi) is 5.11. The fraction of sp³-hybridized carbons (Fsp3) is 0.222. The van der Waals surface area contributed by atoms with E-state index in [1.807, 2.05) is 13.0 Å². The van der Waals surface area contributed by atoms with E-state index in [9.17, 15) is 14.0 Å². The van der Waals surface area contributed by atoms with Gasteiger partial charge in [-0.3, -0.25) is 9.59 Å². The molecule has 1 atom stereocenters. The summed E-state index contributed by atoms with van der Waals surface area (Å²) >= 11 is 0. The van der Waals surface area contributed by atoms with Crippen molar-refractivity contribution in [2.24, 2.45) is 0 Å². The van der Waals surface area contributed by atoms with Crippen LogP contribution in [0, 0.1) is 19.7 Å². The van der Waals surface area contributed by atoms with Gasteiger partial charge in [0.05, 0.1) is 5.69 Å². The van der Waals surface area contributed by atoms with Gasteiger partial charge in [0.1, 0.15) is 11.9 Å². The van der Waals surface area contributed by atoms with Crippen molar-refractivity contribution in [3.05, 3.63) is 65.0 Å². The van der Waals surface area contributed by atoms with Gasteiger partial charge in [0.15, 0.2) is 0 Å². The van der Waals surface area contributed by atoms with Crippen LogP contribution in [-0.4, -0.2) is 17.9 Å². The Balaban J connectivity index is 2.02. The monoisotopic (exact) mass is 314 g/mol. The second-order valence-corrected chi connectivity index (χ2v) is 5.54. The lowest BCUT2D eigenvalue weighted by molar-refractivity contribution is -0.117. The zero-order valence-electron chi connectivity index (χ0n) is 13.3. The van der Waals surface area contributed by atoms with Crippen LogP contribution < -0.4 is 10.6 Å². The Hall–Kier alpha value is -2.69. The molecule has 0 aliphatic carbocycles. The number of hydrogen-bond donors (Lipinski definition) is 2. The van der Waals surface area contributed by atoms with Gasteiger partial charge in [-0.15, -0.1) is 0 Å². The van der Waals surface area contributed by atoms with Gasteiger partial charge >= 0.3 is 0 Å². The van der Waals surface area contributed by atoms with Crippen LogP contribution in [0.1, 0.15) is 28.4 Å². The number of nitrogens with one attached hydrogen (secondary N) is 2. The van der Waals surface area contributed by atoms with Gasteiger partial charge in [-0.1, -0.05) is 23.8 Å². The first-order valence-electron chi connectivity index (χ1n) is 7.31. The van der Waals surface area contributed by atoms with Crippen molar-refractivity contribution in [2.75, 3.05) is 5.32 Å². The number of rotatable bonds is 4. The molecule has 0 fully saturated rings. The zero-order chi connectivity index (χ0) is 17.0. The zero-order valence-corrected chi connectivity index (χ0v) is 13.3. The molecule has 23 heavy (non-hydrogen) atoms. The molecule has 0 spiro atoms. The van der Waals surface area contributed by atoms with Crippen molar-refractivity contribution in [1.82, 2.24) is 5.32 Å². The maximum absolute atomic E-state index is 13.7. The second kappa shape index (κ2) is 7.05. The molecule has 0 aliphatic rings. The number of anilines is 1. The molecule has 120 valence electrons. The van der Waals surface area contributed by atoms with Crippen molar-refractivity contribution in [2.45, 2.75) is 26.8 Å². The average molecular weight is 314 g/mol. The number of halogens is 1. The van der Waals surface area contributed by atoms with Crippen LogP contribution in [0.15, 0.2) is 42.5 Å². The van der Waals surface area contributed by atoms with Crippen LogP contribution in [0.5, 0.6) is 0 Å². The summed E-state index contributed by atoms with van der Waals surface area (Å²) in [5.74, 6) is -1.34. The normalized spacial score (nSPS) is 11.7. The van der Waals surface area contributed by atoms with Gasteiger partial charge in [0.25, 0.3) is 5.91 Å². The summed E-state index contributed by atoms with van der Waals surface area (Å²) < 4.78 is 13.7. The highest BCUT2D eigenvalue weighted by Crippen LogP contribution is 2.15. The maximum Gasteiger partial charge on any atom is 0.251 e. The molecule has 5 heteroatoms. The van der Waals surface area contributed by atoms with Gasteiger partial charge in [-0.2, -0.15) is 0 Å². The van der Waals surface area contributed by atoms with Crippen molar-refractivity contribution in [1.29, 1.82) is 0 Å². The molecule has 0 radical (unpaired) electrons. The Morgan fingerprint density at radius 3 is 2.43 bits per heavy atom. The molecule has 1 unspecified atom stereocenters. The summed E-state index contributed by atoms with van der Waals surface area (Å²) in [5, 5.41) is 5.09. The summed E-state index contributed by atoms with van der Waals surface area (Å²) in [5.41, 5.74) is 2.37. The lowest BCUT2D eigenvalue weighted by Gasteiger charge is -2.15. The van der Waals surface area contributed by atoms with Crippen LogP contribution in [0.25, 0.3) is 0 Å². The van der Waals surface area contributed by atoms with Crippen molar-refractivity contribution in [3.8, 4) is 0 Å². The molecule has 0 heterocycles. The van der Waals surface area contributed by atoms with E-state index in [1.54, 1.807) is 44.2 Å². The van der Waals surface area contributed by atoms with E-state index < -0.39 is 17.8 Å². The Bertz CT molecular complexity index is 744. The predicted octanol–water partition coefficient (Wildman–Crippen LogP) is 3.20. The van der Waals surface area contributed by atoms with E-state index in [2.05, 4.69) is 10.6 Å². The molecule has 2 N–H and O–H groups in total. The van der Waals surface area contributed by atoms with Gasteiger partial charge in [0, 0.05) is 5.56 Å². The van der Waals surface area contributed by atoms with Crippen molar-refractivity contribution >= 4 is 17.5 Å². The fourth-order valence-electron chi connectivity index (χ4n) is 2.11. The Morgan fingerprint density at radius 1 is 1.04 bits per heavy atom. The highest BCUT2D eigenvalue weighted by atomic mass is 19.1. The minimum absolute atomic E-state index is 0.103. The summed E-state index contributed by atoms with van der Waals surface area (Å²) in [4.78, 5) is 24.2. The minimum Gasteiger partial charge on any atom is -0.341 e. The molecule has 2 amide bonds. The molecule has 0 saturated heterocycles. The topological polar surface area (TPSA) is 58.2 Å². The second-order valence-electron chi connectivity index (χ2n) is 5.54. The number of carbonyl (C=O) groups excluding carboxylic acids is 2. The van der Waals surface area contributed by atoms with Crippen molar-refractivity contribution < 1.29 is 14.0 Å². The van der Waals surface area contributed by atoms with Crippen LogP contribution >= 0.6 is 0 Å². The standard InChI is InChI=1S/C18H19FN2O2/c1-11-5-4-6-14(9-11)18(23)20-13(3)17(22)21-16-10-12(2)7-8-15(16)19/h4-10,13H,1-3H3,(H,20,23)(H,21,22). The molecule has 2 aromatic carbocycles. The van der Waals surface area contributed by atoms with Gasteiger partial charge in [0.2, 0.25) is 5.91 Å². The third kappa shape index (κ3) is 4.39. The molecule has 4 nitrogen and oxygen atoms in total. The molecule has 2 aromatic rings.